The first-order valence-corrected chi connectivity index (χ1v) is 6.76. The van der Waals surface area contributed by atoms with Gasteiger partial charge in [-0.2, -0.15) is 0 Å². The van der Waals surface area contributed by atoms with Gasteiger partial charge in [0.05, 0.1) is 0 Å². The van der Waals surface area contributed by atoms with E-state index in [1.165, 1.54) is 11.1 Å². The van der Waals surface area contributed by atoms with Gasteiger partial charge in [0.1, 0.15) is 11.5 Å². The van der Waals surface area contributed by atoms with Crippen LogP contribution < -0.4 is 10.5 Å². The Morgan fingerprint density at radius 1 is 1.05 bits per heavy atom. The minimum Gasteiger partial charge on any atom is -0.457 e. The molecule has 0 bridgehead atoms. The van der Waals surface area contributed by atoms with E-state index in [1.54, 1.807) is 0 Å². The Morgan fingerprint density at radius 3 is 2.47 bits per heavy atom. The third-order valence-corrected chi connectivity index (χ3v) is 3.18. The van der Waals surface area contributed by atoms with Crippen molar-refractivity contribution in [3.63, 3.8) is 0 Å². The normalized spacial score (nSPS) is 12.2. The summed E-state index contributed by atoms with van der Waals surface area (Å²) < 4.78 is 5.85. The molecule has 2 nitrogen and oxygen atoms in total. The van der Waals surface area contributed by atoms with Gasteiger partial charge in [0, 0.05) is 6.04 Å². The molecule has 0 radical (unpaired) electrons. The van der Waals surface area contributed by atoms with Crippen LogP contribution in [0.15, 0.2) is 48.5 Å². The third kappa shape index (κ3) is 4.11. The maximum absolute atomic E-state index is 5.98. The summed E-state index contributed by atoms with van der Waals surface area (Å²) in [4.78, 5) is 0. The molecular formula is C17H21NO. The van der Waals surface area contributed by atoms with Gasteiger partial charge in [-0.15, -0.1) is 0 Å². The van der Waals surface area contributed by atoms with Crippen molar-refractivity contribution in [1.29, 1.82) is 0 Å². The first kappa shape index (κ1) is 13.6. The molecular weight excluding hydrogens is 234 g/mol. The molecule has 2 aromatic carbocycles. The molecule has 0 aromatic heterocycles. The van der Waals surface area contributed by atoms with E-state index in [4.69, 9.17) is 10.5 Å². The fourth-order valence-electron chi connectivity index (χ4n) is 1.93. The SMILES string of the molecule is CCC(N)Cc1cccc(Oc2ccc(C)cc2)c1. The molecule has 0 saturated carbocycles. The molecule has 0 aliphatic heterocycles. The van der Waals surface area contributed by atoms with Crippen LogP contribution in [0.4, 0.5) is 0 Å². The number of hydrogen-bond acceptors (Lipinski definition) is 2. The summed E-state index contributed by atoms with van der Waals surface area (Å²) in [7, 11) is 0. The van der Waals surface area contributed by atoms with Crippen molar-refractivity contribution in [1.82, 2.24) is 0 Å². The van der Waals surface area contributed by atoms with Crippen LogP contribution in [-0.4, -0.2) is 6.04 Å². The van der Waals surface area contributed by atoms with Gasteiger partial charge in [-0.3, -0.25) is 0 Å². The number of hydrogen-bond donors (Lipinski definition) is 1. The van der Waals surface area contributed by atoms with Gasteiger partial charge in [-0.1, -0.05) is 36.8 Å². The van der Waals surface area contributed by atoms with Crippen molar-refractivity contribution in [2.45, 2.75) is 32.7 Å². The van der Waals surface area contributed by atoms with Crippen LogP contribution in [0.5, 0.6) is 11.5 Å². The lowest BCUT2D eigenvalue weighted by Crippen LogP contribution is -2.21. The second kappa shape index (κ2) is 6.39. The molecule has 2 rings (SSSR count). The van der Waals surface area contributed by atoms with E-state index in [1.807, 2.05) is 36.4 Å². The van der Waals surface area contributed by atoms with Crippen LogP contribution in [-0.2, 0) is 6.42 Å². The van der Waals surface area contributed by atoms with Crippen molar-refractivity contribution >= 4 is 0 Å². The fraction of sp³-hybridized carbons (Fsp3) is 0.294. The average Bonchev–Trinajstić information content (AvgIpc) is 2.42. The van der Waals surface area contributed by atoms with Crippen molar-refractivity contribution in [2.24, 2.45) is 5.73 Å². The Bertz CT molecular complexity index is 519. The molecule has 19 heavy (non-hydrogen) atoms. The van der Waals surface area contributed by atoms with Crippen LogP contribution in [0.25, 0.3) is 0 Å². The molecule has 0 aliphatic carbocycles. The van der Waals surface area contributed by atoms with Gasteiger partial charge >= 0.3 is 0 Å². The minimum atomic E-state index is 0.217. The van der Waals surface area contributed by atoms with E-state index < -0.39 is 0 Å². The van der Waals surface area contributed by atoms with Crippen LogP contribution in [0, 0.1) is 6.92 Å². The highest BCUT2D eigenvalue weighted by Gasteiger charge is 2.03. The Labute approximate surface area is 115 Å². The Balaban J connectivity index is 2.08. The standard InChI is InChI=1S/C17H21NO/c1-3-15(18)11-14-5-4-6-17(12-14)19-16-9-7-13(2)8-10-16/h4-10,12,15H,3,11,18H2,1-2H3. The first-order chi connectivity index (χ1) is 9.17. The average molecular weight is 255 g/mol. The number of benzene rings is 2. The molecule has 2 aromatic rings. The van der Waals surface area contributed by atoms with E-state index in [0.29, 0.717) is 0 Å². The summed E-state index contributed by atoms with van der Waals surface area (Å²) in [5.74, 6) is 1.73. The molecule has 0 spiro atoms. The highest BCUT2D eigenvalue weighted by atomic mass is 16.5. The van der Waals surface area contributed by atoms with E-state index in [9.17, 15) is 0 Å². The lowest BCUT2D eigenvalue weighted by molar-refractivity contribution is 0.481. The van der Waals surface area contributed by atoms with Gasteiger partial charge in [0.15, 0.2) is 0 Å². The summed E-state index contributed by atoms with van der Waals surface area (Å²) in [5, 5.41) is 0. The zero-order valence-corrected chi connectivity index (χ0v) is 11.6. The largest absolute Gasteiger partial charge is 0.457 e. The van der Waals surface area contributed by atoms with Gasteiger partial charge in [-0.05, 0) is 49.6 Å². The second-order valence-electron chi connectivity index (χ2n) is 4.93. The highest BCUT2D eigenvalue weighted by molar-refractivity contribution is 5.35. The first-order valence-electron chi connectivity index (χ1n) is 6.76. The van der Waals surface area contributed by atoms with Gasteiger partial charge in [-0.25, -0.2) is 0 Å². The highest BCUT2D eigenvalue weighted by Crippen LogP contribution is 2.23. The number of aryl methyl sites for hydroxylation is 1. The van der Waals surface area contributed by atoms with Crippen molar-refractivity contribution < 1.29 is 4.74 Å². The molecule has 1 atom stereocenters. The summed E-state index contributed by atoms with van der Waals surface area (Å²) in [6.07, 6.45) is 1.88. The molecule has 0 heterocycles. The van der Waals surface area contributed by atoms with Gasteiger partial charge < -0.3 is 10.5 Å². The zero-order chi connectivity index (χ0) is 13.7. The molecule has 0 amide bonds. The summed E-state index contributed by atoms with van der Waals surface area (Å²) in [6.45, 7) is 4.17. The Kier molecular flexibility index (Phi) is 4.58. The topological polar surface area (TPSA) is 35.2 Å². The van der Waals surface area contributed by atoms with E-state index >= 15 is 0 Å². The monoisotopic (exact) mass is 255 g/mol. The molecule has 0 fully saturated rings. The lowest BCUT2D eigenvalue weighted by Gasteiger charge is -2.11. The fourth-order valence-corrected chi connectivity index (χ4v) is 1.93. The molecule has 0 saturated heterocycles. The van der Waals surface area contributed by atoms with E-state index in [-0.39, 0.29) is 6.04 Å². The summed E-state index contributed by atoms with van der Waals surface area (Å²) in [5.41, 5.74) is 8.44. The number of rotatable bonds is 5. The molecule has 0 aliphatic rings. The molecule has 2 heteroatoms. The van der Waals surface area contributed by atoms with Crippen LogP contribution >= 0.6 is 0 Å². The van der Waals surface area contributed by atoms with Crippen molar-refractivity contribution in [3.05, 3.63) is 59.7 Å². The predicted octanol–water partition coefficient (Wildman–Crippen LogP) is 4.07. The molecule has 100 valence electrons. The molecule has 2 N–H and O–H groups in total. The summed E-state index contributed by atoms with van der Waals surface area (Å²) >= 11 is 0. The Morgan fingerprint density at radius 2 is 1.79 bits per heavy atom. The number of ether oxygens (including phenoxy) is 1. The van der Waals surface area contributed by atoms with E-state index in [0.717, 1.165) is 24.3 Å². The smallest absolute Gasteiger partial charge is 0.127 e. The third-order valence-electron chi connectivity index (χ3n) is 3.18. The maximum atomic E-state index is 5.98. The second-order valence-corrected chi connectivity index (χ2v) is 4.93. The quantitative estimate of drug-likeness (QED) is 0.874. The van der Waals surface area contributed by atoms with Crippen LogP contribution in [0.1, 0.15) is 24.5 Å². The van der Waals surface area contributed by atoms with Crippen LogP contribution in [0.3, 0.4) is 0 Å². The summed E-state index contributed by atoms with van der Waals surface area (Å²) in [6, 6.07) is 16.4. The van der Waals surface area contributed by atoms with Crippen LogP contribution in [0.2, 0.25) is 0 Å². The predicted molar refractivity (Wildman–Crippen MR) is 79.7 cm³/mol. The zero-order valence-electron chi connectivity index (χ0n) is 11.6. The van der Waals surface area contributed by atoms with Gasteiger partial charge in [0.25, 0.3) is 0 Å². The number of nitrogens with two attached hydrogens (primary N) is 1. The molecule has 1 unspecified atom stereocenters. The van der Waals surface area contributed by atoms with Gasteiger partial charge in [0.2, 0.25) is 0 Å². The maximum Gasteiger partial charge on any atom is 0.127 e. The van der Waals surface area contributed by atoms with E-state index in [2.05, 4.69) is 26.0 Å². The Hall–Kier alpha value is -1.80. The van der Waals surface area contributed by atoms with Crippen molar-refractivity contribution in [3.8, 4) is 11.5 Å². The van der Waals surface area contributed by atoms with Crippen molar-refractivity contribution in [2.75, 3.05) is 0 Å². The minimum absolute atomic E-state index is 0.217. The lowest BCUT2D eigenvalue weighted by atomic mass is 10.0.